The molecule has 0 saturated heterocycles. The molecule has 104 valence electrons. The average Bonchev–Trinajstić information content (AvgIpc) is 2.25. The second kappa shape index (κ2) is 6.46. The highest BCUT2D eigenvalue weighted by atomic mass is 14.9. The fourth-order valence-electron chi connectivity index (χ4n) is 2.79. The van der Waals surface area contributed by atoms with Crippen LogP contribution in [0, 0.1) is 22.2 Å². The van der Waals surface area contributed by atoms with Gasteiger partial charge in [0.05, 0.1) is 0 Å². The zero-order chi connectivity index (χ0) is 13.8. The predicted molar refractivity (Wildman–Crippen MR) is 78.9 cm³/mol. The molecule has 18 heavy (non-hydrogen) atoms. The van der Waals surface area contributed by atoms with Crippen molar-refractivity contribution in [2.75, 3.05) is 6.54 Å². The van der Waals surface area contributed by atoms with E-state index in [0.29, 0.717) is 22.9 Å². The molecule has 3 N–H and O–H groups in total. The Balaban J connectivity index is 2.26. The van der Waals surface area contributed by atoms with Gasteiger partial charge in [0.25, 0.3) is 0 Å². The Morgan fingerprint density at radius 2 is 1.67 bits per heavy atom. The Labute approximate surface area is 112 Å². The topological polar surface area (TPSA) is 59.7 Å². The van der Waals surface area contributed by atoms with Crippen LogP contribution in [-0.4, -0.2) is 24.0 Å². The van der Waals surface area contributed by atoms with Crippen LogP contribution in [0.5, 0.6) is 0 Å². The molecule has 3 heteroatoms. The molecule has 1 saturated carbocycles. The highest BCUT2D eigenvalue weighted by Crippen LogP contribution is 2.34. The van der Waals surface area contributed by atoms with E-state index >= 15 is 0 Å². The summed E-state index contributed by atoms with van der Waals surface area (Å²) in [6.45, 7) is 9.27. The lowest BCUT2D eigenvalue weighted by Crippen LogP contribution is -2.37. The smallest absolute Gasteiger partial charge is 0.0350 e. The van der Waals surface area contributed by atoms with Crippen molar-refractivity contribution < 1.29 is 0 Å². The lowest BCUT2D eigenvalue weighted by Gasteiger charge is -2.35. The summed E-state index contributed by atoms with van der Waals surface area (Å²) >= 11 is 0. The zero-order valence-corrected chi connectivity index (χ0v) is 12.4. The summed E-state index contributed by atoms with van der Waals surface area (Å²) < 4.78 is 0. The largest absolute Gasteiger partial charge is 0.314 e. The standard InChI is InChI=1S/C15H29N3/c1-11(16)14(12(2)17)7-10-18-13-5-8-15(3,4)9-6-13/h13-14,16-18H,5-10H2,1-4H3. The average molecular weight is 251 g/mol. The second-order valence-corrected chi connectivity index (χ2v) is 6.60. The first kappa shape index (κ1) is 15.4. The van der Waals surface area contributed by atoms with Crippen molar-refractivity contribution in [3.63, 3.8) is 0 Å². The van der Waals surface area contributed by atoms with Crippen molar-refractivity contribution in [1.29, 1.82) is 10.8 Å². The summed E-state index contributed by atoms with van der Waals surface area (Å²) in [5, 5.41) is 19.0. The van der Waals surface area contributed by atoms with Gasteiger partial charge >= 0.3 is 0 Å². The summed E-state index contributed by atoms with van der Waals surface area (Å²) in [5.41, 5.74) is 1.76. The van der Waals surface area contributed by atoms with Crippen molar-refractivity contribution in [2.45, 2.75) is 65.8 Å². The normalized spacial score (nSPS) is 21.6. The third kappa shape index (κ3) is 4.89. The summed E-state index contributed by atoms with van der Waals surface area (Å²) in [6.07, 6.45) is 6.04. The maximum Gasteiger partial charge on any atom is 0.0350 e. The van der Waals surface area contributed by atoms with Crippen LogP contribution in [0.3, 0.4) is 0 Å². The van der Waals surface area contributed by atoms with Gasteiger partial charge in [0.1, 0.15) is 0 Å². The van der Waals surface area contributed by atoms with E-state index in [9.17, 15) is 0 Å². The molecule has 0 unspecified atom stereocenters. The van der Waals surface area contributed by atoms with Crippen molar-refractivity contribution >= 4 is 11.4 Å². The van der Waals surface area contributed by atoms with Crippen molar-refractivity contribution in [3.8, 4) is 0 Å². The Bertz CT molecular complexity index is 283. The molecule has 3 nitrogen and oxygen atoms in total. The Morgan fingerprint density at radius 3 is 2.11 bits per heavy atom. The quantitative estimate of drug-likeness (QED) is 0.620. The van der Waals surface area contributed by atoms with Crippen LogP contribution >= 0.6 is 0 Å². The first-order valence-corrected chi connectivity index (χ1v) is 7.15. The molecule has 0 aliphatic heterocycles. The van der Waals surface area contributed by atoms with Crippen molar-refractivity contribution in [2.24, 2.45) is 11.3 Å². The first-order valence-electron chi connectivity index (χ1n) is 7.15. The van der Waals surface area contributed by atoms with E-state index in [-0.39, 0.29) is 5.92 Å². The van der Waals surface area contributed by atoms with Crippen LogP contribution in [0.4, 0.5) is 0 Å². The lowest BCUT2D eigenvalue weighted by molar-refractivity contribution is 0.206. The molecular weight excluding hydrogens is 222 g/mol. The van der Waals surface area contributed by atoms with E-state index < -0.39 is 0 Å². The number of nitrogens with one attached hydrogen (secondary N) is 3. The zero-order valence-electron chi connectivity index (χ0n) is 12.4. The molecular formula is C15H29N3. The molecule has 1 rings (SSSR count). The van der Waals surface area contributed by atoms with E-state index in [1.807, 2.05) is 13.8 Å². The van der Waals surface area contributed by atoms with Gasteiger partial charge in [0, 0.05) is 23.4 Å². The maximum atomic E-state index is 7.69. The third-order valence-electron chi connectivity index (χ3n) is 4.25. The van der Waals surface area contributed by atoms with Crippen LogP contribution in [0.1, 0.15) is 59.8 Å². The molecule has 1 aliphatic carbocycles. The van der Waals surface area contributed by atoms with Crippen LogP contribution in [0.25, 0.3) is 0 Å². The van der Waals surface area contributed by atoms with Crippen LogP contribution in [0.15, 0.2) is 0 Å². The monoisotopic (exact) mass is 251 g/mol. The van der Waals surface area contributed by atoms with Gasteiger partial charge in [-0.3, -0.25) is 0 Å². The number of rotatable bonds is 6. The van der Waals surface area contributed by atoms with Gasteiger partial charge in [-0.25, -0.2) is 0 Å². The van der Waals surface area contributed by atoms with Gasteiger partial charge < -0.3 is 16.1 Å². The summed E-state index contributed by atoms with van der Waals surface area (Å²) in [5.74, 6) is 0.0394. The Hall–Kier alpha value is -0.700. The summed E-state index contributed by atoms with van der Waals surface area (Å²) in [6, 6.07) is 0.649. The lowest BCUT2D eigenvalue weighted by atomic mass is 9.75. The third-order valence-corrected chi connectivity index (χ3v) is 4.25. The van der Waals surface area contributed by atoms with E-state index in [1.165, 1.54) is 25.7 Å². The molecule has 0 bridgehead atoms. The number of hydrogen-bond acceptors (Lipinski definition) is 3. The Morgan fingerprint density at radius 1 is 1.17 bits per heavy atom. The highest BCUT2D eigenvalue weighted by molar-refractivity contribution is 6.02. The molecule has 1 fully saturated rings. The molecule has 0 heterocycles. The summed E-state index contributed by atoms with van der Waals surface area (Å²) in [7, 11) is 0. The van der Waals surface area contributed by atoms with Crippen molar-refractivity contribution in [1.82, 2.24) is 5.32 Å². The first-order chi connectivity index (χ1) is 8.32. The molecule has 0 atom stereocenters. The fourth-order valence-corrected chi connectivity index (χ4v) is 2.79. The molecule has 0 aromatic heterocycles. The van der Waals surface area contributed by atoms with Gasteiger partial charge in [-0.15, -0.1) is 0 Å². The van der Waals surface area contributed by atoms with Crippen LogP contribution < -0.4 is 5.32 Å². The van der Waals surface area contributed by atoms with Gasteiger partial charge in [-0.1, -0.05) is 13.8 Å². The minimum Gasteiger partial charge on any atom is -0.314 e. The van der Waals surface area contributed by atoms with Gasteiger partial charge in [0.15, 0.2) is 0 Å². The molecule has 0 radical (unpaired) electrons. The van der Waals surface area contributed by atoms with Crippen molar-refractivity contribution in [3.05, 3.63) is 0 Å². The maximum absolute atomic E-state index is 7.69. The van der Waals surface area contributed by atoms with E-state index in [2.05, 4.69) is 19.2 Å². The summed E-state index contributed by atoms with van der Waals surface area (Å²) in [4.78, 5) is 0. The molecule has 1 aliphatic rings. The number of hydrogen-bond donors (Lipinski definition) is 3. The molecule has 0 amide bonds. The van der Waals surface area contributed by atoms with Gasteiger partial charge in [-0.2, -0.15) is 0 Å². The van der Waals surface area contributed by atoms with E-state index in [0.717, 1.165) is 13.0 Å². The fraction of sp³-hybridized carbons (Fsp3) is 0.867. The Kier molecular flexibility index (Phi) is 5.51. The van der Waals surface area contributed by atoms with E-state index in [1.54, 1.807) is 0 Å². The van der Waals surface area contributed by atoms with Gasteiger partial charge in [-0.05, 0) is 57.9 Å². The SMILES string of the molecule is CC(=N)C(CCNC1CCC(C)(C)CC1)C(C)=N. The molecule has 0 aromatic rings. The van der Waals surface area contributed by atoms with E-state index in [4.69, 9.17) is 10.8 Å². The molecule has 0 aromatic carbocycles. The van der Waals surface area contributed by atoms with Crippen LogP contribution in [0.2, 0.25) is 0 Å². The second-order valence-electron chi connectivity index (χ2n) is 6.60. The molecule has 0 spiro atoms. The highest BCUT2D eigenvalue weighted by Gasteiger charge is 2.26. The van der Waals surface area contributed by atoms with Crippen LogP contribution in [-0.2, 0) is 0 Å². The van der Waals surface area contributed by atoms with Gasteiger partial charge in [0.2, 0.25) is 0 Å². The minimum atomic E-state index is 0.0394. The minimum absolute atomic E-state index is 0.0394. The predicted octanol–water partition coefficient (Wildman–Crippen LogP) is 3.63.